The minimum absolute atomic E-state index is 0.141. The van der Waals surface area contributed by atoms with E-state index in [4.69, 9.17) is 15.2 Å². The van der Waals surface area contributed by atoms with Crippen LogP contribution in [-0.2, 0) is 11.3 Å². The molecule has 1 aromatic carbocycles. The fourth-order valence-corrected chi connectivity index (χ4v) is 4.27. The molecule has 1 amide bonds. The summed E-state index contributed by atoms with van der Waals surface area (Å²) in [5, 5.41) is 0. The topological polar surface area (TPSA) is 68.0 Å². The van der Waals surface area contributed by atoms with Crippen molar-refractivity contribution in [3.8, 4) is 11.5 Å². The van der Waals surface area contributed by atoms with Crippen LogP contribution in [0, 0.1) is 5.41 Å². The third-order valence-corrected chi connectivity index (χ3v) is 5.37. The van der Waals surface area contributed by atoms with E-state index in [0.717, 1.165) is 13.1 Å². The lowest BCUT2D eigenvalue weighted by Crippen LogP contribution is -2.44. The summed E-state index contributed by atoms with van der Waals surface area (Å²) in [6.45, 7) is 5.52. The number of likely N-dealkylation sites (tertiary alicyclic amines) is 2. The van der Waals surface area contributed by atoms with Gasteiger partial charge in [0, 0.05) is 19.6 Å². The standard InChI is InChI=1S/C19H29N3O3/c1-21-9-7-19(13-21)6-3-8-22(14-19)11-15-4-5-16(17(10-15)24-2)25-12-18(20)23/h4-5,10H,3,6-9,11-14H2,1-2H3,(H2,20,23). The maximum Gasteiger partial charge on any atom is 0.255 e. The summed E-state index contributed by atoms with van der Waals surface area (Å²) < 4.78 is 10.8. The molecule has 0 radical (unpaired) electrons. The van der Waals surface area contributed by atoms with E-state index in [0.29, 0.717) is 16.9 Å². The lowest BCUT2D eigenvalue weighted by molar-refractivity contribution is -0.119. The second-order valence-electron chi connectivity index (χ2n) is 7.54. The minimum atomic E-state index is -0.494. The molecule has 1 spiro atoms. The Morgan fingerprint density at radius 2 is 2.08 bits per heavy atom. The Morgan fingerprint density at radius 3 is 2.76 bits per heavy atom. The average Bonchev–Trinajstić information content (AvgIpc) is 2.93. The number of carbonyl (C=O) groups excluding carboxylic acids is 1. The predicted octanol–water partition coefficient (Wildman–Crippen LogP) is 1.48. The highest BCUT2D eigenvalue weighted by molar-refractivity contribution is 5.75. The molecule has 2 aliphatic rings. The zero-order valence-electron chi connectivity index (χ0n) is 15.3. The van der Waals surface area contributed by atoms with Crippen LogP contribution in [-0.4, -0.2) is 62.7 Å². The second-order valence-corrected chi connectivity index (χ2v) is 7.54. The molecule has 1 atom stereocenters. The molecule has 2 N–H and O–H groups in total. The molecule has 138 valence electrons. The second kappa shape index (κ2) is 7.62. The average molecular weight is 347 g/mol. The first kappa shape index (κ1) is 18.0. The van der Waals surface area contributed by atoms with Crippen LogP contribution in [0.4, 0.5) is 0 Å². The molecule has 0 aliphatic carbocycles. The third-order valence-electron chi connectivity index (χ3n) is 5.37. The number of carbonyl (C=O) groups is 1. The molecule has 2 saturated heterocycles. The number of primary amides is 1. The smallest absolute Gasteiger partial charge is 0.255 e. The highest BCUT2D eigenvalue weighted by Gasteiger charge is 2.39. The van der Waals surface area contributed by atoms with Crippen molar-refractivity contribution in [3.63, 3.8) is 0 Å². The summed E-state index contributed by atoms with van der Waals surface area (Å²) in [5.74, 6) is 0.704. The molecule has 25 heavy (non-hydrogen) atoms. The zero-order valence-corrected chi connectivity index (χ0v) is 15.3. The summed E-state index contributed by atoms with van der Waals surface area (Å²) in [5.41, 5.74) is 6.81. The maximum absolute atomic E-state index is 10.9. The van der Waals surface area contributed by atoms with E-state index in [1.54, 1.807) is 7.11 Å². The van der Waals surface area contributed by atoms with E-state index in [1.807, 2.05) is 18.2 Å². The number of nitrogens with two attached hydrogens (primary N) is 1. The SMILES string of the molecule is COc1cc(CN2CCCC3(CCN(C)C3)C2)ccc1OCC(N)=O. The number of nitrogens with zero attached hydrogens (tertiary/aromatic N) is 2. The highest BCUT2D eigenvalue weighted by Crippen LogP contribution is 2.39. The normalized spacial score (nSPS) is 24.6. The lowest BCUT2D eigenvalue weighted by Gasteiger charge is -2.40. The number of piperidine rings is 1. The Balaban J connectivity index is 1.65. The van der Waals surface area contributed by atoms with Gasteiger partial charge in [-0.25, -0.2) is 0 Å². The summed E-state index contributed by atoms with van der Waals surface area (Å²) in [4.78, 5) is 15.9. The van der Waals surface area contributed by atoms with Crippen molar-refractivity contribution >= 4 is 5.91 Å². The molecule has 6 heteroatoms. The van der Waals surface area contributed by atoms with Gasteiger partial charge in [0.15, 0.2) is 18.1 Å². The number of benzene rings is 1. The maximum atomic E-state index is 10.9. The number of hydrogen-bond donors (Lipinski definition) is 1. The molecule has 0 saturated carbocycles. The molecular formula is C19H29N3O3. The van der Waals surface area contributed by atoms with E-state index >= 15 is 0 Å². The first-order valence-electron chi connectivity index (χ1n) is 8.99. The minimum Gasteiger partial charge on any atom is -0.493 e. The molecule has 2 aliphatic heterocycles. The fraction of sp³-hybridized carbons (Fsp3) is 0.632. The van der Waals surface area contributed by atoms with Crippen molar-refractivity contribution in [2.24, 2.45) is 11.1 Å². The van der Waals surface area contributed by atoms with Crippen LogP contribution in [0.1, 0.15) is 24.8 Å². The zero-order chi connectivity index (χ0) is 17.9. The summed E-state index contributed by atoms with van der Waals surface area (Å²) in [7, 11) is 3.84. The van der Waals surface area contributed by atoms with Gasteiger partial charge in [-0.3, -0.25) is 9.69 Å². The number of hydrogen-bond acceptors (Lipinski definition) is 5. The van der Waals surface area contributed by atoms with Crippen LogP contribution in [0.2, 0.25) is 0 Å². The van der Waals surface area contributed by atoms with E-state index in [9.17, 15) is 4.79 Å². The van der Waals surface area contributed by atoms with Crippen molar-refractivity contribution in [1.82, 2.24) is 9.80 Å². The van der Waals surface area contributed by atoms with Gasteiger partial charge in [-0.05, 0) is 62.5 Å². The summed E-state index contributed by atoms with van der Waals surface area (Å²) in [6, 6.07) is 5.90. The van der Waals surface area contributed by atoms with Crippen molar-refractivity contribution in [1.29, 1.82) is 0 Å². The van der Waals surface area contributed by atoms with Gasteiger partial charge in [0.1, 0.15) is 0 Å². The van der Waals surface area contributed by atoms with Crippen LogP contribution in [0.15, 0.2) is 18.2 Å². The molecule has 0 bridgehead atoms. The number of methoxy groups -OCH3 is 1. The van der Waals surface area contributed by atoms with E-state index < -0.39 is 5.91 Å². The van der Waals surface area contributed by atoms with Gasteiger partial charge in [-0.15, -0.1) is 0 Å². The Bertz CT molecular complexity index is 618. The van der Waals surface area contributed by atoms with Crippen molar-refractivity contribution in [3.05, 3.63) is 23.8 Å². The Morgan fingerprint density at radius 1 is 1.24 bits per heavy atom. The lowest BCUT2D eigenvalue weighted by atomic mass is 9.79. The molecular weight excluding hydrogens is 318 g/mol. The van der Waals surface area contributed by atoms with Crippen molar-refractivity contribution in [2.75, 3.05) is 46.9 Å². The molecule has 0 aromatic heterocycles. The molecule has 3 rings (SSSR count). The van der Waals surface area contributed by atoms with E-state index in [2.05, 4.69) is 16.8 Å². The van der Waals surface area contributed by atoms with Gasteiger partial charge < -0.3 is 20.1 Å². The van der Waals surface area contributed by atoms with Gasteiger partial charge in [-0.1, -0.05) is 6.07 Å². The molecule has 2 heterocycles. The Kier molecular flexibility index (Phi) is 5.49. The predicted molar refractivity (Wildman–Crippen MR) is 96.7 cm³/mol. The van der Waals surface area contributed by atoms with Gasteiger partial charge in [0.2, 0.25) is 0 Å². The van der Waals surface area contributed by atoms with Gasteiger partial charge in [0.25, 0.3) is 5.91 Å². The first-order chi connectivity index (χ1) is 12.0. The van der Waals surface area contributed by atoms with Crippen LogP contribution >= 0.6 is 0 Å². The van der Waals surface area contributed by atoms with Crippen LogP contribution in [0.5, 0.6) is 11.5 Å². The number of rotatable bonds is 6. The molecule has 6 nitrogen and oxygen atoms in total. The molecule has 2 fully saturated rings. The van der Waals surface area contributed by atoms with E-state index in [1.165, 1.54) is 44.5 Å². The van der Waals surface area contributed by atoms with Crippen LogP contribution in [0.3, 0.4) is 0 Å². The summed E-state index contributed by atoms with van der Waals surface area (Å²) >= 11 is 0. The summed E-state index contributed by atoms with van der Waals surface area (Å²) in [6.07, 6.45) is 3.92. The van der Waals surface area contributed by atoms with E-state index in [-0.39, 0.29) is 6.61 Å². The molecule has 1 unspecified atom stereocenters. The molecule has 1 aromatic rings. The largest absolute Gasteiger partial charge is 0.493 e. The van der Waals surface area contributed by atoms with Crippen LogP contribution in [0.25, 0.3) is 0 Å². The number of amides is 1. The monoisotopic (exact) mass is 347 g/mol. The highest BCUT2D eigenvalue weighted by atomic mass is 16.5. The number of ether oxygens (including phenoxy) is 2. The quantitative estimate of drug-likeness (QED) is 0.844. The fourth-order valence-electron chi connectivity index (χ4n) is 4.27. The Hall–Kier alpha value is -1.79. The Labute approximate surface area is 149 Å². The van der Waals surface area contributed by atoms with Gasteiger partial charge in [-0.2, -0.15) is 0 Å². The van der Waals surface area contributed by atoms with Crippen LogP contribution < -0.4 is 15.2 Å². The van der Waals surface area contributed by atoms with Crippen molar-refractivity contribution in [2.45, 2.75) is 25.8 Å². The first-order valence-corrected chi connectivity index (χ1v) is 8.99. The van der Waals surface area contributed by atoms with Crippen molar-refractivity contribution < 1.29 is 14.3 Å². The van der Waals surface area contributed by atoms with Gasteiger partial charge >= 0.3 is 0 Å². The van der Waals surface area contributed by atoms with Gasteiger partial charge in [0.05, 0.1) is 7.11 Å². The third kappa shape index (κ3) is 4.44.